The number of hydrogen-bond donors (Lipinski definition) is 1. The minimum Gasteiger partial charge on any atom is -0.462 e. The number of anilines is 1. The van der Waals surface area contributed by atoms with E-state index in [2.05, 4.69) is 5.32 Å². The van der Waals surface area contributed by atoms with Crippen LogP contribution in [0.2, 0.25) is 0 Å². The fourth-order valence-corrected chi connectivity index (χ4v) is 3.60. The lowest BCUT2D eigenvalue weighted by molar-refractivity contribution is -0.148. The summed E-state index contributed by atoms with van der Waals surface area (Å²) in [5.41, 5.74) is 0.469. The summed E-state index contributed by atoms with van der Waals surface area (Å²) in [7, 11) is 0. The highest BCUT2D eigenvalue weighted by molar-refractivity contribution is 7.18. The molecule has 1 aliphatic carbocycles. The zero-order valence-electron chi connectivity index (χ0n) is 15.7. The van der Waals surface area contributed by atoms with Crippen molar-refractivity contribution in [1.82, 2.24) is 0 Å². The number of carbonyl (C=O) groups excluding carboxylic acids is 4. The minimum atomic E-state index is -0.652. The van der Waals surface area contributed by atoms with Gasteiger partial charge in [-0.1, -0.05) is 6.92 Å². The van der Waals surface area contributed by atoms with Crippen molar-refractivity contribution in [3.63, 3.8) is 0 Å². The molecule has 1 fully saturated rings. The van der Waals surface area contributed by atoms with E-state index in [1.54, 1.807) is 20.8 Å². The molecule has 1 saturated carbocycles. The van der Waals surface area contributed by atoms with Gasteiger partial charge in [-0.15, -0.1) is 11.3 Å². The Morgan fingerprint density at radius 1 is 1.07 bits per heavy atom. The molecular weight excluding hydrogens is 374 g/mol. The second kappa shape index (κ2) is 8.98. The lowest BCUT2D eigenvalue weighted by Gasteiger charge is -2.07. The smallest absolute Gasteiger partial charge is 0.348 e. The van der Waals surface area contributed by atoms with Gasteiger partial charge >= 0.3 is 17.9 Å². The molecule has 0 spiro atoms. The van der Waals surface area contributed by atoms with Gasteiger partial charge in [-0.25, -0.2) is 9.59 Å². The lowest BCUT2D eigenvalue weighted by Crippen LogP contribution is -2.22. The molecule has 1 aromatic heterocycles. The maximum Gasteiger partial charge on any atom is 0.348 e. The van der Waals surface area contributed by atoms with Crippen LogP contribution >= 0.6 is 11.3 Å². The van der Waals surface area contributed by atoms with Crippen LogP contribution in [0.4, 0.5) is 5.00 Å². The van der Waals surface area contributed by atoms with Crippen molar-refractivity contribution >= 4 is 40.2 Å². The standard InChI is InChI=1S/C18H23NO7S/c1-5-24-17(22)13-10(4)14(18(23)25-6-2)27-15(13)19-12(20)8-26-16(21)11-7-9(11)3/h9,11H,5-8H2,1-4H3,(H,19,20)/t9-,11+/m1/s1. The fraction of sp³-hybridized carbons (Fsp3) is 0.556. The van der Waals surface area contributed by atoms with E-state index in [-0.39, 0.29) is 40.5 Å². The number of amides is 1. The Bertz CT molecular complexity index is 755. The molecule has 1 amide bonds. The summed E-state index contributed by atoms with van der Waals surface area (Å²) in [6.45, 7) is 6.71. The summed E-state index contributed by atoms with van der Waals surface area (Å²) in [4.78, 5) is 48.4. The summed E-state index contributed by atoms with van der Waals surface area (Å²) < 4.78 is 15.0. The SMILES string of the molecule is CCOC(=O)c1sc(NC(=O)COC(=O)[C@H]2C[C@H]2C)c(C(=O)OCC)c1C. The maximum absolute atomic E-state index is 12.3. The van der Waals surface area contributed by atoms with Gasteiger partial charge in [0, 0.05) is 0 Å². The third-order valence-corrected chi connectivity index (χ3v) is 5.29. The van der Waals surface area contributed by atoms with Gasteiger partial charge in [0.15, 0.2) is 6.61 Å². The van der Waals surface area contributed by atoms with Gasteiger partial charge < -0.3 is 19.5 Å². The summed E-state index contributed by atoms with van der Waals surface area (Å²) in [6, 6.07) is 0. The summed E-state index contributed by atoms with van der Waals surface area (Å²) in [6.07, 6.45) is 0.764. The first-order chi connectivity index (χ1) is 12.8. The molecule has 1 heterocycles. The molecule has 9 heteroatoms. The highest BCUT2D eigenvalue weighted by atomic mass is 32.1. The van der Waals surface area contributed by atoms with Gasteiger partial charge in [-0.3, -0.25) is 9.59 Å². The zero-order chi connectivity index (χ0) is 20.1. The van der Waals surface area contributed by atoms with Crippen LogP contribution in [0.25, 0.3) is 0 Å². The molecule has 0 bridgehead atoms. The van der Waals surface area contributed by atoms with Gasteiger partial charge in [-0.05, 0) is 38.7 Å². The fourth-order valence-electron chi connectivity index (χ4n) is 2.50. The molecule has 1 aromatic rings. The van der Waals surface area contributed by atoms with E-state index in [1.807, 2.05) is 6.92 Å². The first kappa shape index (κ1) is 20.9. The third kappa shape index (κ3) is 5.06. The number of ether oxygens (including phenoxy) is 3. The van der Waals surface area contributed by atoms with Gasteiger partial charge in [-0.2, -0.15) is 0 Å². The van der Waals surface area contributed by atoms with Crippen molar-refractivity contribution in [2.24, 2.45) is 11.8 Å². The van der Waals surface area contributed by atoms with Crippen molar-refractivity contribution < 1.29 is 33.4 Å². The molecule has 0 unspecified atom stereocenters. The Morgan fingerprint density at radius 3 is 2.22 bits per heavy atom. The van der Waals surface area contributed by atoms with E-state index >= 15 is 0 Å². The minimum absolute atomic E-state index is 0.0976. The molecule has 2 atom stereocenters. The third-order valence-electron chi connectivity index (χ3n) is 4.10. The Morgan fingerprint density at radius 2 is 1.67 bits per heavy atom. The molecule has 1 aliphatic rings. The molecule has 0 radical (unpaired) electrons. The average Bonchev–Trinajstić information content (AvgIpc) is 3.25. The van der Waals surface area contributed by atoms with Gasteiger partial charge in [0.05, 0.1) is 24.7 Å². The first-order valence-corrected chi connectivity index (χ1v) is 9.55. The van der Waals surface area contributed by atoms with Crippen LogP contribution in [-0.2, 0) is 23.8 Å². The molecule has 1 N–H and O–H groups in total. The lowest BCUT2D eigenvalue weighted by atomic mass is 10.1. The van der Waals surface area contributed by atoms with Crippen LogP contribution in [-0.4, -0.2) is 43.6 Å². The number of esters is 3. The number of thiophene rings is 1. The molecule has 8 nitrogen and oxygen atoms in total. The van der Waals surface area contributed by atoms with E-state index < -0.39 is 30.4 Å². The molecule has 148 valence electrons. The van der Waals surface area contributed by atoms with Crippen LogP contribution < -0.4 is 5.32 Å². The predicted molar refractivity (Wildman–Crippen MR) is 97.8 cm³/mol. The van der Waals surface area contributed by atoms with Crippen LogP contribution in [0.15, 0.2) is 0 Å². The monoisotopic (exact) mass is 397 g/mol. The predicted octanol–water partition coefficient (Wildman–Crippen LogP) is 2.55. The van der Waals surface area contributed by atoms with Gasteiger partial charge in [0.1, 0.15) is 9.88 Å². The average molecular weight is 397 g/mol. The molecule has 2 rings (SSSR count). The first-order valence-electron chi connectivity index (χ1n) is 8.74. The van der Waals surface area contributed by atoms with Crippen molar-refractivity contribution in [2.75, 3.05) is 25.1 Å². The number of nitrogens with one attached hydrogen (secondary N) is 1. The van der Waals surface area contributed by atoms with Gasteiger partial charge in [0.2, 0.25) is 0 Å². The van der Waals surface area contributed by atoms with Crippen molar-refractivity contribution in [3.8, 4) is 0 Å². The maximum atomic E-state index is 12.3. The summed E-state index contributed by atoms with van der Waals surface area (Å²) in [5, 5.41) is 2.69. The number of carbonyl (C=O) groups is 4. The zero-order valence-corrected chi connectivity index (χ0v) is 16.6. The molecule has 27 heavy (non-hydrogen) atoms. The Kier molecular flexibility index (Phi) is 6.95. The van der Waals surface area contributed by atoms with E-state index in [1.165, 1.54) is 0 Å². The molecule has 0 saturated heterocycles. The highest BCUT2D eigenvalue weighted by Crippen LogP contribution is 2.38. The number of hydrogen-bond acceptors (Lipinski definition) is 8. The quantitative estimate of drug-likeness (QED) is 0.530. The second-order valence-corrected chi connectivity index (χ2v) is 7.20. The van der Waals surface area contributed by atoms with E-state index in [0.717, 1.165) is 17.8 Å². The van der Waals surface area contributed by atoms with Crippen LogP contribution in [0.5, 0.6) is 0 Å². The van der Waals surface area contributed by atoms with E-state index in [0.29, 0.717) is 5.56 Å². The topological polar surface area (TPSA) is 108 Å². The van der Waals surface area contributed by atoms with Crippen molar-refractivity contribution in [2.45, 2.75) is 34.1 Å². The normalized spacial score (nSPS) is 17.8. The largest absolute Gasteiger partial charge is 0.462 e. The number of rotatable bonds is 8. The Labute approximate surface area is 161 Å². The Balaban J connectivity index is 2.14. The second-order valence-electron chi connectivity index (χ2n) is 6.18. The van der Waals surface area contributed by atoms with Crippen LogP contribution in [0.1, 0.15) is 52.8 Å². The van der Waals surface area contributed by atoms with E-state index in [4.69, 9.17) is 14.2 Å². The van der Waals surface area contributed by atoms with E-state index in [9.17, 15) is 19.2 Å². The summed E-state index contributed by atoms with van der Waals surface area (Å²) >= 11 is 0.922. The molecule has 0 aromatic carbocycles. The summed E-state index contributed by atoms with van der Waals surface area (Å²) in [5.74, 6) is -2.10. The molecule has 0 aliphatic heterocycles. The molecular formula is C18H23NO7S. The Hall–Kier alpha value is -2.42. The van der Waals surface area contributed by atoms with Crippen molar-refractivity contribution in [3.05, 3.63) is 16.0 Å². The van der Waals surface area contributed by atoms with Crippen LogP contribution in [0, 0.1) is 18.8 Å². The van der Waals surface area contributed by atoms with Crippen molar-refractivity contribution in [1.29, 1.82) is 0 Å². The van der Waals surface area contributed by atoms with Crippen LogP contribution in [0.3, 0.4) is 0 Å². The highest BCUT2D eigenvalue weighted by Gasteiger charge is 2.40. The van der Waals surface area contributed by atoms with Gasteiger partial charge in [0.25, 0.3) is 5.91 Å².